The fourth-order valence-electron chi connectivity index (χ4n) is 3.41. The number of piperidine rings is 1. The van der Waals surface area contributed by atoms with Gasteiger partial charge >= 0.3 is 6.09 Å². The van der Waals surface area contributed by atoms with Crippen molar-refractivity contribution in [3.05, 3.63) is 35.4 Å². The molecule has 3 N–H and O–H groups in total. The summed E-state index contributed by atoms with van der Waals surface area (Å²) in [5, 5.41) is 3.29. The number of guanidine groups is 1. The maximum absolute atomic E-state index is 11.7. The minimum atomic E-state index is -0.221. The number of nitrogens with one attached hydrogen (secondary N) is 1. The van der Waals surface area contributed by atoms with Gasteiger partial charge in [-0.3, -0.25) is 4.99 Å². The van der Waals surface area contributed by atoms with Crippen LogP contribution in [0.3, 0.4) is 0 Å². The van der Waals surface area contributed by atoms with Crippen LogP contribution in [0.5, 0.6) is 0 Å². The molecule has 1 aliphatic heterocycles. The van der Waals surface area contributed by atoms with E-state index in [0.717, 1.165) is 25.8 Å². The lowest BCUT2D eigenvalue weighted by Gasteiger charge is -2.32. The number of likely N-dealkylation sites (tertiary alicyclic amines) is 1. The predicted octanol–water partition coefficient (Wildman–Crippen LogP) is 2.47. The fraction of sp³-hybridized carbons (Fsp3) is 0.556. The monoisotopic (exact) mass is 458 g/mol. The number of hydrogen-bond acceptors (Lipinski definition) is 3. The van der Waals surface area contributed by atoms with Crippen molar-refractivity contribution in [2.24, 2.45) is 10.7 Å². The lowest BCUT2D eigenvalue weighted by atomic mass is 9.78. The summed E-state index contributed by atoms with van der Waals surface area (Å²) in [6.45, 7) is 4.36. The maximum Gasteiger partial charge on any atom is 0.409 e. The van der Waals surface area contributed by atoms with Crippen molar-refractivity contribution in [2.45, 2.75) is 38.1 Å². The Morgan fingerprint density at radius 3 is 2.76 bits per heavy atom. The van der Waals surface area contributed by atoms with E-state index in [1.165, 1.54) is 11.1 Å². The smallest absolute Gasteiger partial charge is 0.409 e. The summed E-state index contributed by atoms with van der Waals surface area (Å²) in [6.07, 6.45) is 2.59. The van der Waals surface area contributed by atoms with Crippen molar-refractivity contribution in [3.8, 4) is 0 Å². The van der Waals surface area contributed by atoms with Crippen LogP contribution in [-0.2, 0) is 11.2 Å². The highest BCUT2D eigenvalue weighted by atomic mass is 127. The van der Waals surface area contributed by atoms with Gasteiger partial charge in [0, 0.05) is 31.6 Å². The highest BCUT2D eigenvalue weighted by Crippen LogP contribution is 2.34. The first-order chi connectivity index (χ1) is 11.7. The van der Waals surface area contributed by atoms with Gasteiger partial charge in [-0.25, -0.2) is 4.79 Å². The van der Waals surface area contributed by atoms with E-state index < -0.39 is 0 Å². The average Bonchev–Trinajstić information content (AvgIpc) is 2.56. The van der Waals surface area contributed by atoms with E-state index in [9.17, 15) is 4.79 Å². The van der Waals surface area contributed by atoms with Crippen LogP contribution in [0.15, 0.2) is 29.3 Å². The minimum Gasteiger partial charge on any atom is -0.450 e. The molecule has 1 unspecified atom stereocenters. The second-order valence-corrected chi connectivity index (χ2v) is 6.43. The van der Waals surface area contributed by atoms with E-state index in [4.69, 9.17) is 10.5 Å². The molecule has 3 rings (SSSR count). The summed E-state index contributed by atoms with van der Waals surface area (Å²) in [7, 11) is 0. The lowest BCUT2D eigenvalue weighted by molar-refractivity contribution is 0.0963. The Labute approximate surface area is 166 Å². The molecule has 1 atom stereocenters. The zero-order valence-electron chi connectivity index (χ0n) is 14.6. The number of ether oxygens (including phenoxy) is 1. The van der Waals surface area contributed by atoms with Crippen LogP contribution >= 0.6 is 24.0 Å². The number of hydrogen-bond donors (Lipinski definition) is 2. The van der Waals surface area contributed by atoms with Crippen molar-refractivity contribution in [1.82, 2.24) is 10.2 Å². The van der Waals surface area contributed by atoms with Crippen molar-refractivity contribution >= 4 is 36.0 Å². The second-order valence-electron chi connectivity index (χ2n) is 6.43. The number of halogens is 1. The number of nitrogens with zero attached hydrogens (tertiary/aromatic N) is 2. The minimum absolute atomic E-state index is 0. The molecule has 25 heavy (non-hydrogen) atoms. The Hall–Kier alpha value is -1.51. The summed E-state index contributed by atoms with van der Waals surface area (Å²) >= 11 is 0. The molecule has 6 nitrogen and oxygen atoms in total. The van der Waals surface area contributed by atoms with Crippen molar-refractivity contribution < 1.29 is 9.53 Å². The fourth-order valence-corrected chi connectivity index (χ4v) is 3.41. The summed E-state index contributed by atoms with van der Waals surface area (Å²) in [5.41, 5.74) is 8.85. The quantitative estimate of drug-likeness (QED) is 0.413. The first kappa shape index (κ1) is 19.8. The van der Waals surface area contributed by atoms with E-state index in [1.807, 2.05) is 6.92 Å². The molecule has 1 amide bonds. The highest BCUT2D eigenvalue weighted by Gasteiger charge is 2.26. The lowest BCUT2D eigenvalue weighted by Crippen LogP contribution is -2.48. The van der Waals surface area contributed by atoms with Crippen LogP contribution < -0.4 is 11.1 Å². The summed E-state index contributed by atoms with van der Waals surface area (Å²) in [5.74, 6) is 1.00. The molecular weight excluding hydrogens is 431 g/mol. The molecule has 1 heterocycles. The van der Waals surface area contributed by atoms with Gasteiger partial charge in [0.25, 0.3) is 0 Å². The number of amides is 1. The van der Waals surface area contributed by atoms with E-state index >= 15 is 0 Å². The van der Waals surface area contributed by atoms with Gasteiger partial charge in [-0.15, -0.1) is 24.0 Å². The Kier molecular flexibility index (Phi) is 7.34. The van der Waals surface area contributed by atoms with Gasteiger partial charge in [0.1, 0.15) is 0 Å². The van der Waals surface area contributed by atoms with Crippen LogP contribution in [0.2, 0.25) is 0 Å². The Morgan fingerprint density at radius 1 is 1.36 bits per heavy atom. The molecule has 7 heteroatoms. The van der Waals surface area contributed by atoms with Gasteiger partial charge in [0.05, 0.1) is 6.61 Å². The molecule has 0 saturated carbocycles. The van der Waals surface area contributed by atoms with Gasteiger partial charge < -0.3 is 20.7 Å². The summed E-state index contributed by atoms with van der Waals surface area (Å²) in [4.78, 5) is 17.9. The van der Waals surface area contributed by atoms with Gasteiger partial charge in [-0.05, 0) is 37.3 Å². The first-order valence-corrected chi connectivity index (χ1v) is 8.73. The first-order valence-electron chi connectivity index (χ1n) is 8.73. The number of carbonyl (C=O) groups is 1. The van der Waals surface area contributed by atoms with Gasteiger partial charge in [0.2, 0.25) is 0 Å². The normalized spacial score (nSPS) is 20.1. The number of fused-ring (bicyclic) bond motifs is 1. The largest absolute Gasteiger partial charge is 0.450 e. The Morgan fingerprint density at radius 2 is 2.08 bits per heavy atom. The summed E-state index contributed by atoms with van der Waals surface area (Å²) < 4.78 is 5.03. The molecule has 0 spiro atoms. The molecule has 1 saturated heterocycles. The Bertz CT molecular complexity index is 615. The maximum atomic E-state index is 11.7. The van der Waals surface area contributed by atoms with Crippen LogP contribution in [-0.4, -0.2) is 49.2 Å². The third kappa shape index (κ3) is 4.99. The molecule has 1 aliphatic carbocycles. The average molecular weight is 458 g/mol. The molecule has 1 aromatic rings. The van der Waals surface area contributed by atoms with E-state index in [0.29, 0.717) is 31.6 Å². The van der Waals surface area contributed by atoms with Gasteiger partial charge in [0.15, 0.2) is 5.96 Å². The number of nitrogens with two attached hydrogens (primary N) is 1. The highest BCUT2D eigenvalue weighted by molar-refractivity contribution is 14.0. The van der Waals surface area contributed by atoms with Crippen molar-refractivity contribution in [3.63, 3.8) is 0 Å². The van der Waals surface area contributed by atoms with E-state index in [-0.39, 0.29) is 36.1 Å². The molecular formula is C18H27IN4O2. The zero-order valence-corrected chi connectivity index (χ0v) is 16.9. The van der Waals surface area contributed by atoms with E-state index in [2.05, 4.69) is 34.6 Å². The SMILES string of the molecule is CCOC(=O)N1CCC(NC(N)=NCC2Cc3ccccc32)CC1.I. The van der Waals surface area contributed by atoms with Crippen LogP contribution in [0.25, 0.3) is 0 Å². The molecule has 0 radical (unpaired) electrons. The molecule has 138 valence electrons. The van der Waals surface area contributed by atoms with Crippen molar-refractivity contribution in [2.75, 3.05) is 26.2 Å². The molecule has 0 aromatic heterocycles. The number of benzene rings is 1. The third-order valence-corrected chi connectivity index (χ3v) is 4.82. The topological polar surface area (TPSA) is 80.0 Å². The standard InChI is InChI=1S/C18H26N4O2.HI/c1-2-24-18(23)22-9-7-15(8-10-22)21-17(19)20-12-14-11-13-5-3-4-6-16(13)14;/h3-6,14-15H,2,7-12H2,1H3,(H3,19,20,21);1H. The number of aliphatic imine (C=N–C) groups is 1. The van der Waals surface area contributed by atoms with Crippen LogP contribution in [0.1, 0.15) is 36.8 Å². The molecule has 1 aromatic carbocycles. The number of carbonyl (C=O) groups excluding carboxylic acids is 1. The van der Waals surface area contributed by atoms with Gasteiger partial charge in [-0.1, -0.05) is 24.3 Å². The van der Waals surface area contributed by atoms with Gasteiger partial charge in [-0.2, -0.15) is 0 Å². The number of rotatable bonds is 4. The predicted molar refractivity (Wildman–Crippen MR) is 110 cm³/mol. The summed E-state index contributed by atoms with van der Waals surface area (Å²) in [6, 6.07) is 8.78. The zero-order chi connectivity index (χ0) is 16.9. The van der Waals surface area contributed by atoms with Crippen LogP contribution in [0.4, 0.5) is 4.79 Å². The Balaban J connectivity index is 0.00000225. The molecule has 2 aliphatic rings. The van der Waals surface area contributed by atoms with E-state index in [1.54, 1.807) is 4.90 Å². The molecule has 1 fully saturated rings. The third-order valence-electron chi connectivity index (χ3n) is 4.82. The second kappa shape index (κ2) is 9.26. The molecule has 0 bridgehead atoms. The van der Waals surface area contributed by atoms with Crippen molar-refractivity contribution in [1.29, 1.82) is 0 Å². The van der Waals surface area contributed by atoms with Crippen LogP contribution in [0, 0.1) is 0 Å².